The van der Waals surface area contributed by atoms with Crippen LogP contribution in [0, 0.1) is 0 Å². The summed E-state index contributed by atoms with van der Waals surface area (Å²) in [5.41, 5.74) is 0. The molecule has 1 heterocycles. The van der Waals surface area contributed by atoms with Crippen LogP contribution in [0.2, 0.25) is 0 Å². The SMILES string of the molecule is O=C(O)[C@H]1CCCN1C(=O)CCCOc1ccc(Br)cc1. The molecular weight excluding hydrogens is 338 g/mol. The molecular formula is C15H18BrNO4. The largest absolute Gasteiger partial charge is 0.494 e. The normalized spacial score (nSPS) is 17.8. The Morgan fingerprint density at radius 2 is 2.05 bits per heavy atom. The van der Waals surface area contributed by atoms with Crippen LogP contribution in [-0.4, -0.2) is 41.1 Å². The number of carbonyl (C=O) groups excluding carboxylic acids is 1. The molecule has 0 aliphatic carbocycles. The first-order valence-electron chi connectivity index (χ1n) is 6.98. The predicted molar refractivity (Wildman–Crippen MR) is 81.2 cm³/mol. The molecule has 1 atom stereocenters. The number of amides is 1. The summed E-state index contributed by atoms with van der Waals surface area (Å²) in [4.78, 5) is 24.5. The summed E-state index contributed by atoms with van der Waals surface area (Å²) in [6.07, 6.45) is 2.21. The van der Waals surface area contributed by atoms with Crippen molar-refractivity contribution in [2.75, 3.05) is 13.2 Å². The zero-order valence-electron chi connectivity index (χ0n) is 11.6. The fraction of sp³-hybridized carbons (Fsp3) is 0.467. The number of nitrogens with zero attached hydrogens (tertiary/aromatic N) is 1. The standard InChI is InChI=1S/C15H18BrNO4/c16-11-5-7-12(8-6-11)21-10-2-4-14(18)17-9-1-3-13(17)15(19)20/h5-8,13H,1-4,9-10H2,(H,19,20)/t13-/m1/s1. The number of likely N-dealkylation sites (tertiary alicyclic amines) is 1. The minimum Gasteiger partial charge on any atom is -0.494 e. The lowest BCUT2D eigenvalue weighted by Crippen LogP contribution is -2.40. The van der Waals surface area contributed by atoms with E-state index in [0.717, 1.165) is 16.6 Å². The van der Waals surface area contributed by atoms with E-state index >= 15 is 0 Å². The lowest BCUT2D eigenvalue weighted by atomic mass is 10.2. The van der Waals surface area contributed by atoms with Gasteiger partial charge in [0.15, 0.2) is 0 Å². The molecule has 1 aromatic rings. The van der Waals surface area contributed by atoms with Gasteiger partial charge in [-0.3, -0.25) is 4.79 Å². The van der Waals surface area contributed by atoms with Gasteiger partial charge in [0.2, 0.25) is 5.91 Å². The third-order valence-corrected chi connectivity index (χ3v) is 4.00. The van der Waals surface area contributed by atoms with E-state index in [1.807, 2.05) is 24.3 Å². The second-order valence-electron chi connectivity index (χ2n) is 4.99. The van der Waals surface area contributed by atoms with Gasteiger partial charge < -0.3 is 14.7 Å². The Bertz CT molecular complexity index is 503. The number of hydrogen-bond donors (Lipinski definition) is 1. The molecule has 0 spiro atoms. The highest BCUT2D eigenvalue weighted by atomic mass is 79.9. The molecule has 1 aliphatic rings. The molecule has 1 amide bonds. The summed E-state index contributed by atoms with van der Waals surface area (Å²) < 4.78 is 6.53. The Labute approximate surface area is 132 Å². The van der Waals surface area contributed by atoms with Crippen LogP contribution in [-0.2, 0) is 9.59 Å². The molecule has 1 N–H and O–H groups in total. The number of carboxylic acids is 1. The molecule has 1 aliphatic heterocycles. The first kappa shape index (κ1) is 15.8. The summed E-state index contributed by atoms with van der Waals surface area (Å²) in [6.45, 7) is 0.988. The fourth-order valence-electron chi connectivity index (χ4n) is 2.41. The van der Waals surface area contributed by atoms with Crippen LogP contribution in [0.15, 0.2) is 28.7 Å². The molecule has 0 bridgehead atoms. The third-order valence-electron chi connectivity index (χ3n) is 3.48. The Morgan fingerprint density at radius 3 is 2.71 bits per heavy atom. The van der Waals surface area contributed by atoms with Crippen molar-refractivity contribution >= 4 is 27.8 Å². The monoisotopic (exact) mass is 355 g/mol. The van der Waals surface area contributed by atoms with Crippen LogP contribution in [0.5, 0.6) is 5.75 Å². The van der Waals surface area contributed by atoms with E-state index in [0.29, 0.717) is 32.4 Å². The molecule has 0 unspecified atom stereocenters. The maximum absolute atomic E-state index is 12.0. The molecule has 0 aromatic heterocycles. The Kier molecular flexibility index (Phi) is 5.61. The number of hydrogen-bond acceptors (Lipinski definition) is 3. The van der Waals surface area contributed by atoms with Gasteiger partial charge in [0.25, 0.3) is 0 Å². The van der Waals surface area contributed by atoms with E-state index in [1.165, 1.54) is 4.90 Å². The van der Waals surface area contributed by atoms with Crippen molar-refractivity contribution in [2.24, 2.45) is 0 Å². The summed E-state index contributed by atoms with van der Waals surface area (Å²) >= 11 is 3.35. The summed E-state index contributed by atoms with van der Waals surface area (Å²) in [6, 6.07) is 6.84. The average molecular weight is 356 g/mol. The second-order valence-corrected chi connectivity index (χ2v) is 5.91. The van der Waals surface area contributed by atoms with Crippen molar-refractivity contribution in [3.63, 3.8) is 0 Å². The summed E-state index contributed by atoms with van der Waals surface area (Å²) in [5.74, 6) is -0.249. The number of carbonyl (C=O) groups is 2. The molecule has 21 heavy (non-hydrogen) atoms. The number of aliphatic carboxylic acids is 1. The quantitative estimate of drug-likeness (QED) is 0.796. The number of rotatable bonds is 6. The van der Waals surface area contributed by atoms with Crippen molar-refractivity contribution in [3.8, 4) is 5.75 Å². The molecule has 1 saturated heterocycles. The maximum Gasteiger partial charge on any atom is 0.326 e. The van der Waals surface area contributed by atoms with Gasteiger partial charge in [-0.25, -0.2) is 4.79 Å². The van der Waals surface area contributed by atoms with Crippen molar-refractivity contribution in [2.45, 2.75) is 31.7 Å². The molecule has 114 valence electrons. The van der Waals surface area contributed by atoms with Gasteiger partial charge in [-0.05, 0) is 43.5 Å². The smallest absolute Gasteiger partial charge is 0.326 e. The minimum atomic E-state index is -0.910. The van der Waals surface area contributed by atoms with Crippen LogP contribution in [0.4, 0.5) is 0 Å². The van der Waals surface area contributed by atoms with Crippen molar-refractivity contribution in [1.82, 2.24) is 4.90 Å². The van der Waals surface area contributed by atoms with Gasteiger partial charge in [0.05, 0.1) is 6.61 Å². The fourth-order valence-corrected chi connectivity index (χ4v) is 2.67. The van der Waals surface area contributed by atoms with E-state index in [1.54, 1.807) is 0 Å². The summed E-state index contributed by atoms with van der Waals surface area (Å²) in [5, 5.41) is 9.05. The first-order valence-corrected chi connectivity index (χ1v) is 7.78. The highest BCUT2D eigenvalue weighted by Crippen LogP contribution is 2.19. The van der Waals surface area contributed by atoms with Crippen LogP contribution >= 0.6 is 15.9 Å². The molecule has 0 radical (unpaired) electrons. The highest BCUT2D eigenvalue weighted by Gasteiger charge is 2.33. The van der Waals surface area contributed by atoms with Crippen LogP contribution in [0.1, 0.15) is 25.7 Å². The predicted octanol–water partition coefficient (Wildman–Crippen LogP) is 2.68. The van der Waals surface area contributed by atoms with Crippen molar-refractivity contribution in [3.05, 3.63) is 28.7 Å². The molecule has 0 saturated carbocycles. The molecule has 1 fully saturated rings. The maximum atomic E-state index is 12.0. The average Bonchev–Trinajstić information content (AvgIpc) is 2.95. The van der Waals surface area contributed by atoms with E-state index in [4.69, 9.17) is 9.84 Å². The second kappa shape index (κ2) is 7.45. The minimum absolute atomic E-state index is 0.0979. The Morgan fingerprint density at radius 1 is 1.33 bits per heavy atom. The molecule has 1 aromatic carbocycles. The molecule has 5 nitrogen and oxygen atoms in total. The van der Waals surface area contributed by atoms with Crippen molar-refractivity contribution < 1.29 is 19.4 Å². The Hall–Kier alpha value is -1.56. The van der Waals surface area contributed by atoms with E-state index in [-0.39, 0.29) is 5.91 Å². The van der Waals surface area contributed by atoms with Gasteiger partial charge >= 0.3 is 5.97 Å². The molecule has 2 rings (SSSR count). The highest BCUT2D eigenvalue weighted by molar-refractivity contribution is 9.10. The topological polar surface area (TPSA) is 66.8 Å². The van der Waals surface area contributed by atoms with Gasteiger partial charge in [0.1, 0.15) is 11.8 Å². The van der Waals surface area contributed by atoms with Crippen LogP contribution in [0.3, 0.4) is 0 Å². The van der Waals surface area contributed by atoms with Gasteiger partial charge in [0, 0.05) is 17.4 Å². The van der Waals surface area contributed by atoms with Gasteiger partial charge in [-0.15, -0.1) is 0 Å². The number of ether oxygens (including phenoxy) is 1. The van der Waals surface area contributed by atoms with Gasteiger partial charge in [-0.1, -0.05) is 15.9 Å². The molecule has 6 heteroatoms. The lowest BCUT2D eigenvalue weighted by molar-refractivity contribution is -0.148. The zero-order chi connectivity index (χ0) is 15.2. The van der Waals surface area contributed by atoms with E-state index in [9.17, 15) is 9.59 Å². The Balaban J connectivity index is 1.72. The lowest BCUT2D eigenvalue weighted by Gasteiger charge is -2.21. The number of benzene rings is 1. The summed E-state index contributed by atoms with van der Waals surface area (Å²) in [7, 11) is 0. The van der Waals surface area contributed by atoms with Gasteiger partial charge in [-0.2, -0.15) is 0 Å². The third kappa shape index (κ3) is 4.46. The van der Waals surface area contributed by atoms with Crippen LogP contribution < -0.4 is 4.74 Å². The zero-order valence-corrected chi connectivity index (χ0v) is 13.2. The number of halogens is 1. The first-order chi connectivity index (χ1) is 10.1. The van der Waals surface area contributed by atoms with E-state index < -0.39 is 12.0 Å². The van der Waals surface area contributed by atoms with Crippen LogP contribution in [0.25, 0.3) is 0 Å². The van der Waals surface area contributed by atoms with Crippen molar-refractivity contribution in [1.29, 1.82) is 0 Å². The van der Waals surface area contributed by atoms with E-state index in [2.05, 4.69) is 15.9 Å². The number of carboxylic acid groups (broad SMARTS) is 1.